The van der Waals surface area contributed by atoms with Crippen LogP contribution >= 0.6 is 0 Å². The van der Waals surface area contributed by atoms with Crippen LogP contribution in [0.1, 0.15) is 21.5 Å². The van der Waals surface area contributed by atoms with E-state index < -0.39 is 0 Å². The Morgan fingerprint density at radius 2 is 2.14 bits per heavy atom. The maximum atomic E-state index is 12.7. The minimum atomic E-state index is -0.00376. The zero-order chi connectivity index (χ0) is 15.2. The molecule has 3 aliphatic rings. The number of amidine groups is 1. The lowest BCUT2D eigenvalue weighted by molar-refractivity contribution is 0.0858. The Morgan fingerprint density at radius 3 is 2.95 bits per heavy atom. The summed E-state index contributed by atoms with van der Waals surface area (Å²) in [6.07, 6.45) is 0. The molecule has 0 aliphatic carbocycles. The molecule has 0 saturated carbocycles. The lowest BCUT2D eigenvalue weighted by atomic mass is 9.45. The van der Waals surface area contributed by atoms with Gasteiger partial charge in [-0.1, -0.05) is 12.1 Å². The van der Waals surface area contributed by atoms with Gasteiger partial charge in [0.15, 0.2) is 0 Å². The van der Waals surface area contributed by atoms with Crippen LogP contribution in [0.5, 0.6) is 5.75 Å². The van der Waals surface area contributed by atoms with Gasteiger partial charge in [0.1, 0.15) is 18.2 Å². The van der Waals surface area contributed by atoms with Gasteiger partial charge in [0.25, 0.3) is 5.91 Å². The fraction of sp³-hybridized carbons (Fsp3) is 0.250. The molecule has 3 aliphatic heterocycles. The monoisotopic (exact) mass is 286 g/mol. The van der Waals surface area contributed by atoms with Crippen LogP contribution < -0.4 is 0 Å². The predicted molar refractivity (Wildman–Crippen MR) is 87.0 cm³/mol. The van der Waals surface area contributed by atoms with Crippen LogP contribution in [-0.4, -0.2) is 48.6 Å². The molecule has 22 heavy (non-hydrogen) atoms. The number of amides is 1. The van der Waals surface area contributed by atoms with E-state index in [4.69, 9.17) is 12.7 Å². The molecule has 0 unspecified atom stereocenters. The highest BCUT2D eigenvalue weighted by Crippen LogP contribution is 2.45. The molecule has 6 heteroatoms. The Labute approximate surface area is 129 Å². The number of phenolic OH excluding ortho intramolecular Hbond substituents is 1. The van der Waals surface area contributed by atoms with Gasteiger partial charge < -0.3 is 5.11 Å². The van der Waals surface area contributed by atoms with E-state index in [2.05, 4.69) is 0 Å². The van der Waals surface area contributed by atoms with Crippen LogP contribution in [-0.2, 0) is 0 Å². The Kier molecular flexibility index (Phi) is 2.10. The molecule has 2 radical (unpaired) electrons. The fourth-order valence-electron chi connectivity index (χ4n) is 3.82. The van der Waals surface area contributed by atoms with Gasteiger partial charge in [-0.25, -0.2) is 0 Å². The van der Waals surface area contributed by atoms with Gasteiger partial charge in [-0.3, -0.25) is 14.7 Å². The number of phenols is 1. The number of carbonyl (C=O) groups excluding carboxylic acids is 1. The summed E-state index contributed by atoms with van der Waals surface area (Å²) in [5.41, 5.74) is 2.32. The minimum Gasteiger partial charge on any atom is -0.508 e. The third-order valence-corrected chi connectivity index (χ3v) is 5.22. The second kappa shape index (κ2) is 3.75. The van der Waals surface area contributed by atoms with Gasteiger partial charge in [0.2, 0.25) is 0 Å². The van der Waals surface area contributed by atoms with E-state index in [1.807, 2.05) is 25.1 Å². The largest absolute Gasteiger partial charge is 0.508 e. The van der Waals surface area contributed by atoms with Gasteiger partial charge >= 0.3 is 0 Å². The SMILES string of the molecule is [B]B1[C@H]2N=C3c4c(ccc5ccc(O)c(C)c45)C(=O)N3C[C@@H]12. The van der Waals surface area contributed by atoms with Gasteiger partial charge in [-0.05, 0) is 41.2 Å². The number of carbonyl (C=O) groups is 1. The van der Waals surface area contributed by atoms with Crippen molar-refractivity contribution in [3.05, 3.63) is 41.0 Å². The first-order valence-electron chi connectivity index (χ1n) is 7.49. The number of nitrogens with zero attached hydrogens (tertiary/aromatic N) is 2. The van der Waals surface area contributed by atoms with E-state index in [9.17, 15) is 9.90 Å². The van der Waals surface area contributed by atoms with E-state index >= 15 is 0 Å². The molecule has 1 fully saturated rings. The Morgan fingerprint density at radius 1 is 1.36 bits per heavy atom. The second-order valence-corrected chi connectivity index (χ2v) is 6.40. The second-order valence-electron chi connectivity index (χ2n) is 6.40. The van der Waals surface area contributed by atoms with Crippen molar-refractivity contribution in [2.45, 2.75) is 18.7 Å². The topological polar surface area (TPSA) is 52.9 Å². The van der Waals surface area contributed by atoms with Crippen molar-refractivity contribution in [1.82, 2.24) is 4.90 Å². The zero-order valence-corrected chi connectivity index (χ0v) is 12.1. The maximum Gasteiger partial charge on any atom is 0.260 e. The number of rotatable bonds is 0. The highest BCUT2D eigenvalue weighted by molar-refractivity contribution is 7.12. The molecule has 0 bridgehead atoms. The Balaban J connectivity index is 1.87. The van der Waals surface area contributed by atoms with E-state index in [-0.39, 0.29) is 24.2 Å². The summed E-state index contributed by atoms with van der Waals surface area (Å²) in [6.45, 7) is 2.59. The van der Waals surface area contributed by atoms with Crippen molar-refractivity contribution < 1.29 is 9.90 Å². The van der Waals surface area contributed by atoms with Crippen LogP contribution in [0.4, 0.5) is 0 Å². The summed E-state index contributed by atoms with van der Waals surface area (Å²) in [5.74, 6) is 1.40. The lowest BCUT2D eigenvalue weighted by Gasteiger charge is -2.21. The lowest BCUT2D eigenvalue weighted by Crippen LogP contribution is -2.34. The quantitative estimate of drug-likeness (QED) is 0.746. The zero-order valence-electron chi connectivity index (χ0n) is 12.1. The molecule has 3 heterocycles. The summed E-state index contributed by atoms with van der Waals surface area (Å²) in [4.78, 5) is 19.2. The van der Waals surface area contributed by atoms with E-state index in [0.717, 1.165) is 27.7 Å². The van der Waals surface area contributed by atoms with E-state index in [0.29, 0.717) is 17.9 Å². The number of hydrogen-bond acceptors (Lipinski definition) is 3. The average Bonchev–Trinajstić information content (AvgIpc) is 3.07. The van der Waals surface area contributed by atoms with Crippen LogP contribution in [0, 0.1) is 6.92 Å². The number of hydrogen-bond donors (Lipinski definition) is 1. The molecule has 2 atom stereocenters. The van der Waals surface area contributed by atoms with Crippen LogP contribution in [0.25, 0.3) is 10.8 Å². The van der Waals surface area contributed by atoms with Crippen molar-refractivity contribution in [2.75, 3.05) is 6.54 Å². The average molecular weight is 286 g/mol. The maximum absolute atomic E-state index is 12.7. The molecule has 104 valence electrons. The highest BCUT2D eigenvalue weighted by Gasteiger charge is 2.55. The number of fused-ring (bicyclic) bond motifs is 6. The first-order valence-corrected chi connectivity index (χ1v) is 7.49. The van der Waals surface area contributed by atoms with Gasteiger partial charge in [0.05, 0.1) is 5.56 Å². The molecule has 2 aromatic rings. The number of aliphatic imine (C=N–C) groups is 1. The number of aromatic hydroxyl groups is 1. The predicted octanol–water partition coefficient (Wildman–Crippen LogP) is 1.52. The van der Waals surface area contributed by atoms with Crippen molar-refractivity contribution in [3.63, 3.8) is 0 Å². The summed E-state index contributed by atoms with van der Waals surface area (Å²) < 4.78 is 0. The minimum absolute atomic E-state index is 0.00376. The molecule has 1 N–H and O–H groups in total. The van der Waals surface area contributed by atoms with Crippen molar-refractivity contribution in [2.24, 2.45) is 4.99 Å². The van der Waals surface area contributed by atoms with Gasteiger partial charge in [-0.15, -0.1) is 0 Å². The first-order chi connectivity index (χ1) is 10.6. The molecule has 1 saturated heterocycles. The number of benzene rings is 2. The number of aryl methyl sites for hydroxylation is 1. The van der Waals surface area contributed by atoms with Crippen molar-refractivity contribution in [3.8, 4) is 5.75 Å². The van der Waals surface area contributed by atoms with Gasteiger partial charge in [-0.2, -0.15) is 0 Å². The van der Waals surface area contributed by atoms with Gasteiger partial charge in [0, 0.05) is 25.8 Å². The Hall–Kier alpha value is -2.23. The molecule has 0 spiro atoms. The third kappa shape index (κ3) is 1.31. The van der Waals surface area contributed by atoms with Crippen molar-refractivity contribution in [1.29, 1.82) is 0 Å². The first kappa shape index (κ1) is 12.3. The summed E-state index contributed by atoms with van der Waals surface area (Å²) in [6, 6.07) is 7.36. The highest BCUT2D eigenvalue weighted by atomic mass is 16.3. The molecular formula is C16H12B2N2O2. The normalized spacial score (nSPS) is 25.0. The summed E-state index contributed by atoms with van der Waals surface area (Å²) in [7, 11) is 6.02. The Bertz CT molecular complexity index is 909. The fourth-order valence-corrected chi connectivity index (χ4v) is 3.82. The molecule has 5 rings (SSSR count). The van der Waals surface area contributed by atoms with E-state index in [1.165, 1.54) is 0 Å². The smallest absolute Gasteiger partial charge is 0.260 e. The van der Waals surface area contributed by atoms with Crippen molar-refractivity contribution >= 4 is 36.9 Å². The molecule has 1 amide bonds. The standard InChI is InChI=1S/C16H12B2N2O2/c1-7-11(21)5-3-8-2-4-9-13(12(7)8)15-19-14-10(18(14)17)6-20(15)16(9)22/h2-5,10,14,21H,6H2,1H3/t10-,14+/m1/s1. The van der Waals surface area contributed by atoms with Crippen LogP contribution in [0.15, 0.2) is 29.3 Å². The van der Waals surface area contributed by atoms with E-state index in [1.54, 1.807) is 11.0 Å². The van der Waals surface area contributed by atoms with Crippen LogP contribution in [0.3, 0.4) is 0 Å². The molecule has 2 aromatic carbocycles. The summed E-state index contributed by atoms with van der Waals surface area (Å²) in [5, 5.41) is 12.0. The third-order valence-electron chi connectivity index (χ3n) is 5.22. The van der Waals surface area contributed by atoms with Crippen LogP contribution in [0.2, 0.25) is 5.82 Å². The summed E-state index contributed by atoms with van der Waals surface area (Å²) >= 11 is 0. The molecular weight excluding hydrogens is 274 g/mol. The molecule has 4 nitrogen and oxygen atoms in total. The molecule has 0 aromatic heterocycles.